The Bertz CT molecular complexity index is 825. The van der Waals surface area contributed by atoms with E-state index < -0.39 is 5.41 Å². The summed E-state index contributed by atoms with van der Waals surface area (Å²) in [5.74, 6) is 1.30. The number of fused-ring (bicyclic) bond motifs is 1. The number of rotatable bonds is 8. The van der Waals surface area contributed by atoms with Gasteiger partial charge in [-0.25, -0.2) is 4.98 Å². The Hall–Kier alpha value is -2.44. The molecule has 0 saturated carbocycles. The normalized spacial score (nSPS) is 19.1. The molecule has 1 aliphatic rings. The molecule has 0 spiro atoms. The van der Waals surface area contributed by atoms with Gasteiger partial charge >= 0.3 is 0 Å². The van der Waals surface area contributed by atoms with E-state index in [0.29, 0.717) is 19.1 Å². The highest BCUT2D eigenvalue weighted by molar-refractivity contribution is 5.99. The number of anilines is 2. The van der Waals surface area contributed by atoms with Crippen molar-refractivity contribution in [1.82, 2.24) is 9.88 Å². The maximum Gasteiger partial charge on any atom is 0.237 e. The zero-order valence-electron chi connectivity index (χ0n) is 17.9. The molecule has 2 aromatic rings. The maximum absolute atomic E-state index is 13.4. The molecule has 0 aliphatic carbocycles. The third kappa shape index (κ3) is 5.14. The van der Waals surface area contributed by atoms with Gasteiger partial charge in [-0.05, 0) is 36.6 Å². The largest absolute Gasteiger partial charge is 0.383 e. The van der Waals surface area contributed by atoms with Gasteiger partial charge in [0.15, 0.2) is 0 Å². The van der Waals surface area contributed by atoms with Crippen LogP contribution in [0.25, 0.3) is 0 Å². The molecular weight excluding hydrogens is 364 g/mol. The fourth-order valence-electron chi connectivity index (χ4n) is 3.67. The standard InChI is InChI=1S/C23H32N4O2/c1-17(2)14-24-20-11-10-18-15-27(12-13-29-4)16-23(3,21(18)26-20)22(28)25-19-8-6-5-7-9-19/h5-11,17H,12-16H2,1-4H3,(H,24,26)(H,25,28). The molecule has 0 bridgehead atoms. The molecule has 2 N–H and O–H groups in total. The first-order valence-electron chi connectivity index (χ1n) is 10.2. The van der Waals surface area contributed by atoms with Gasteiger partial charge in [-0.1, -0.05) is 38.1 Å². The van der Waals surface area contributed by atoms with Crippen molar-refractivity contribution in [3.63, 3.8) is 0 Å². The van der Waals surface area contributed by atoms with Crippen molar-refractivity contribution in [2.24, 2.45) is 5.92 Å². The second-order valence-corrected chi connectivity index (χ2v) is 8.33. The molecule has 0 saturated heterocycles. The van der Waals surface area contributed by atoms with Gasteiger partial charge in [-0.2, -0.15) is 0 Å². The van der Waals surface area contributed by atoms with Crippen molar-refractivity contribution in [2.45, 2.75) is 32.7 Å². The van der Waals surface area contributed by atoms with Crippen molar-refractivity contribution >= 4 is 17.4 Å². The van der Waals surface area contributed by atoms with Crippen LogP contribution in [-0.2, 0) is 21.5 Å². The summed E-state index contributed by atoms with van der Waals surface area (Å²) in [7, 11) is 1.70. The summed E-state index contributed by atoms with van der Waals surface area (Å²) in [5, 5.41) is 6.47. The number of aromatic nitrogens is 1. The number of amides is 1. The van der Waals surface area contributed by atoms with Crippen LogP contribution in [0.1, 0.15) is 32.0 Å². The van der Waals surface area contributed by atoms with Crippen LogP contribution >= 0.6 is 0 Å². The Balaban J connectivity index is 1.92. The summed E-state index contributed by atoms with van der Waals surface area (Å²) in [4.78, 5) is 20.6. The van der Waals surface area contributed by atoms with E-state index in [2.05, 4.69) is 35.4 Å². The SMILES string of the molecule is COCCN1Cc2ccc(NCC(C)C)nc2C(C)(C(=O)Nc2ccccc2)C1. The van der Waals surface area contributed by atoms with E-state index in [9.17, 15) is 4.79 Å². The fourth-order valence-corrected chi connectivity index (χ4v) is 3.67. The lowest BCUT2D eigenvalue weighted by atomic mass is 9.79. The molecule has 29 heavy (non-hydrogen) atoms. The van der Waals surface area contributed by atoms with Crippen molar-refractivity contribution in [2.75, 3.05) is 44.0 Å². The minimum atomic E-state index is -0.757. The molecule has 3 rings (SSSR count). The van der Waals surface area contributed by atoms with Gasteiger partial charge in [0.25, 0.3) is 0 Å². The number of methoxy groups -OCH3 is 1. The van der Waals surface area contributed by atoms with Crippen LogP contribution < -0.4 is 10.6 Å². The van der Waals surface area contributed by atoms with Gasteiger partial charge in [0.2, 0.25) is 5.91 Å². The van der Waals surface area contributed by atoms with Crippen LogP contribution in [0.3, 0.4) is 0 Å². The summed E-state index contributed by atoms with van der Waals surface area (Å²) in [6.45, 7) is 9.94. The summed E-state index contributed by atoms with van der Waals surface area (Å²) in [6.07, 6.45) is 0. The second kappa shape index (κ2) is 9.37. The molecule has 1 aromatic heterocycles. The van der Waals surface area contributed by atoms with E-state index in [1.165, 1.54) is 0 Å². The highest BCUT2D eigenvalue weighted by Crippen LogP contribution is 2.34. The number of carbonyl (C=O) groups is 1. The molecule has 2 heterocycles. The van der Waals surface area contributed by atoms with E-state index in [1.54, 1.807) is 7.11 Å². The molecule has 1 aromatic carbocycles. The average molecular weight is 397 g/mol. The number of benzene rings is 1. The summed E-state index contributed by atoms with van der Waals surface area (Å²) in [5.41, 5.74) is 1.98. The van der Waals surface area contributed by atoms with Gasteiger partial charge in [0, 0.05) is 39.0 Å². The van der Waals surface area contributed by atoms with Crippen LogP contribution in [0.4, 0.5) is 11.5 Å². The predicted molar refractivity (Wildman–Crippen MR) is 117 cm³/mol. The first-order chi connectivity index (χ1) is 13.9. The molecule has 6 heteroatoms. The Labute approximate surface area is 173 Å². The molecule has 0 radical (unpaired) electrons. The number of hydrogen-bond acceptors (Lipinski definition) is 5. The van der Waals surface area contributed by atoms with Gasteiger partial charge in [-0.3, -0.25) is 9.69 Å². The lowest BCUT2D eigenvalue weighted by Crippen LogP contribution is -2.52. The van der Waals surface area contributed by atoms with Gasteiger partial charge in [0.1, 0.15) is 11.2 Å². The summed E-state index contributed by atoms with van der Waals surface area (Å²) >= 11 is 0. The molecule has 0 fully saturated rings. The number of nitrogens with one attached hydrogen (secondary N) is 2. The molecule has 1 aliphatic heterocycles. The Morgan fingerprint density at radius 3 is 2.69 bits per heavy atom. The first-order valence-corrected chi connectivity index (χ1v) is 10.2. The van der Waals surface area contributed by atoms with E-state index in [4.69, 9.17) is 9.72 Å². The van der Waals surface area contributed by atoms with Gasteiger partial charge < -0.3 is 15.4 Å². The Kier molecular flexibility index (Phi) is 6.87. The topological polar surface area (TPSA) is 66.5 Å². The summed E-state index contributed by atoms with van der Waals surface area (Å²) < 4.78 is 5.26. The second-order valence-electron chi connectivity index (χ2n) is 8.33. The van der Waals surface area contributed by atoms with Crippen molar-refractivity contribution in [1.29, 1.82) is 0 Å². The van der Waals surface area contributed by atoms with Gasteiger partial charge in [0.05, 0.1) is 12.3 Å². The number of pyridine rings is 1. The fraction of sp³-hybridized carbons (Fsp3) is 0.478. The monoisotopic (exact) mass is 396 g/mol. The number of carbonyl (C=O) groups excluding carboxylic acids is 1. The predicted octanol–water partition coefficient (Wildman–Crippen LogP) is 3.51. The van der Waals surface area contributed by atoms with Crippen LogP contribution in [0.2, 0.25) is 0 Å². The quantitative estimate of drug-likeness (QED) is 0.715. The van der Waals surface area contributed by atoms with Crippen LogP contribution in [-0.4, -0.2) is 49.1 Å². The molecule has 1 atom stereocenters. The van der Waals surface area contributed by atoms with E-state index in [1.807, 2.05) is 43.3 Å². The minimum Gasteiger partial charge on any atom is -0.383 e. The average Bonchev–Trinajstić information content (AvgIpc) is 2.71. The third-order valence-corrected chi connectivity index (χ3v) is 5.27. The Morgan fingerprint density at radius 2 is 2.00 bits per heavy atom. The molecule has 1 amide bonds. The first kappa shape index (κ1) is 21.3. The Morgan fingerprint density at radius 1 is 1.24 bits per heavy atom. The highest BCUT2D eigenvalue weighted by Gasteiger charge is 2.43. The van der Waals surface area contributed by atoms with Crippen LogP contribution in [0, 0.1) is 5.92 Å². The lowest BCUT2D eigenvalue weighted by molar-refractivity contribution is -0.122. The van der Waals surface area contributed by atoms with Crippen LogP contribution in [0.5, 0.6) is 0 Å². The van der Waals surface area contributed by atoms with E-state index >= 15 is 0 Å². The highest BCUT2D eigenvalue weighted by atomic mass is 16.5. The lowest BCUT2D eigenvalue weighted by Gasteiger charge is -2.40. The van der Waals surface area contributed by atoms with E-state index in [0.717, 1.165) is 42.4 Å². The number of nitrogens with zero attached hydrogens (tertiary/aromatic N) is 2. The van der Waals surface area contributed by atoms with Crippen LogP contribution in [0.15, 0.2) is 42.5 Å². The van der Waals surface area contributed by atoms with Gasteiger partial charge in [-0.15, -0.1) is 0 Å². The molecule has 6 nitrogen and oxygen atoms in total. The summed E-state index contributed by atoms with van der Waals surface area (Å²) in [6, 6.07) is 13.7. The third-order valence-electron chi connectivity index (χ3n) is 5.27. The minimum absolute atomic E-state index is 0.0411. The zero-order chi connectivity index (χ0) is 20.9. The van der Waals surface area contributed by atoms with Crippen molar-refractivity contribution < 1.29 is 9.53 Å². The molecule has 1 unspecified atom stereocenters. The number of ether oxygens (including phenoxy) is 1. The van der Waals surface area contributed by atoms with Crippen molar-refractivity contribution in [3.05, 3.63) is 53.7 Å². The zero-order valence-corrected chi connectivity index (χ0v) is 17.9. The van der Waals surface area contributed by atoms with Crippen molar-refractivity contribution in [3.8, 4) is 0 Å². The molecule has 156 valence electrons. The van der Waals surface area contributed by atoms with E-state index in [-0.39, 0.29) is 5.91 Å². The maximum atomic E-state index is 13.4. The smallest absolute Gasteiger partial charge is 0.237 e. The molecular formula is C23H32N4O2. The number of para-hydroxylation sites is 1. The number of hydrogen-bond donors (Lipinski definition) is 2.